The zero-order valence-corrected chi connectivity index (χ0v) is 16.1. The largest absolute Gasteiger partial charge is 0.481 e. The van der Waals surface area contributed by atoms with Crippen molar-refractivity contribution in [2.24, 2.45) is 0 Å². The fourth-order valence-electron chi connectivity index (χ4n) is 3.40. The molecule has 3 rings (SSSR count). The standard InChI is InChI=1S/C22H26N2O3/c1-16-9-7-8-12-20(16)27-18(3)21(25)24-14-13-23(15-17(24)2)22(26)19-10-5-4-6-11-19/h4-12,17-18H,13-15H2,1-3H3/t17-,18?/m1/s1. The van der Waals surface area contributed by atoms with Crippen molar-refractivity contribution in [3.8, 4) is 5.75 Å². The number of aryl methyl sites for hydroxylation is 1. The maximum atomic E-state index is 12.9. The van der Waals surface area contributed by atoms with Crippen molar-refractivity contribution in [1.82, 2.24) is 9.80 Å². The van der Waals surface area contributed by atoms with Gasteiger partial charge in [0.05, 0.1) is 0 Å². The molecule has 1 saturated heterocycles. The second-order valence-corrected chi connectivity index (χ2v) is 7.02. The quantitative estimate of drug-likeness (QED) is 0.835. The lowest BCUT2D eigenvalue weighted by Gasteiger charge is -2.40. The van der Waals surface area contributed by atoms with Crippen LogP contribution >= 0.6 is 0 Å². The Labute approximate surface area is 160 Å². The van der Waals surface area contributed by atoms with E-state index in [9.17, 15) is 9.59 Å². The number of ether oxygens (including phenoxy) is 1. The highest BCUT2D eigenvalue weighted by molar-refractivity contribution is 5.94. The van der Waals surface area contributed by atoms with E-state index < -0.39 is 6.10 Å². The van der Waals surface area contributed by atoms with Crippen molar-refractivity contribution in [1.29, 1.82) is 0 Å². The first-order chi connectivity index (χ1) is 13.0. The van der Waals surface area contributed by atoms with Crippen molar-refractivity contribution in [2.45, 2.75) is 32.9 Å². The Morgan fingerprint density at radius 3 is 2.37 bits per heavy atom. The third kappa shape index (κ3) is 4.30. The summed E-state index contributed by atoms with van der Waals surface area (Å²) >= 11 is 0. The van der Waals surface area contributed by atoms with Gasteiger partial charge in [-0.15, -0.1) is 0 Å². The molecule has 1 heterocycles. The van der Waals surface area contributed by atoms with Crippen LogP contribution in [0.3, 0.4) is 0 Å². The molecule has 0 aromatic heterocycles. The van der Waals surface area contributed by atoms with Crippen LogP contribution in [0.4, 0.5) is 0 Å². The molecule has 2 aromatic carbocycles. The molecular formula is C22H26N2O3. The molecule has 1 aliphatic heterocycles. The number of benzene rings is 2. The number of carbonyl (C=O) groups is 2. The van der Waals surface area contributed by atoms with Crippen LogP contribution in [0.5, 0.6) is 5.75 Å². The van der Waals surface area contributed by atoms with E-state index in [2.05, 4.69) is 0 Å². The summed E-state index contributed by atoms with van der Waals surface area (Å²) in [6.07, 6.45) is -0.565. The minimum Gasteiger partial charge on any atom is -0.481 e. The van der Waals surface area contributed by atoms with E-state index in [0.717, 1.165) is 11.3 Å². The highest BCUT2D eigenvalue weighted by Crippen LogP contribution is 2.20. The van der Waals surface area contributed by atoms with Gasteiger partial charge in [0.1, 0.15) is 5.75 Å². The minimum absolute atomic E-state index is 0.0127. The summed E-state index contributed by atoms with van der Waals surface area (Å²) in [6, 6.07) is 16.9. The lowest BCUT2D eigenvalue weighted by atomic mass is 10.1. The Hall–Kier alpha value is -2.82. The van der Waals surface area contributed by atoms with Crippen LogP contribution in [0.2, 0.25) is 0 Å². The fourth-order valence-corrected chi connectivity index (χ4v) is 3.40. The van der Waals surface area contributed by atoms with Gasteiger partial charge in [0.15, 0.2) is 6.10 Å². The summed E-state index contributed by atoms with van der Waals surface area (Å²) in [7, 11) is 0. The molecule has 142 valence electrons. The Bertz CT molecular complexity index is 806. The summed E-state index contributed by atoms with van der Waals surface area (Å²) in [5, 5.41) is 0. The molecule has 2 atom stereocenters. The maximum absolute atomic E-state index is 12.9. The van der Waals surface area contributed by atoms with Gasteiger partial charge in [-0.1, -0.05) is 36.4 Å². The number of piperazine rings is 1. The van der Waals surface area contributed by atoms with Crippen molar-refractivity contribution < 1.29 is 14.3 Å². The normalized spacial score (nSPS) is 18.1. The molecule has 0 bridgehead atoms. The molecule has 2 amide bonds. The van der Waals surface area contributed by atoms with Gasteiger partial charge >= 0.3 is 0 Å². The molecule has 2 aromatic rings. The molecule has 0 aliphatic carbocycles. The first-order valence-corrected chi connectivity index (χ1v) is 9.34. The maximum Gasteiger partial charge on any atom is 0.263 e. The smallest absolute Gasteiger partial charge is 0.263 e. The molecule has 5 nitrogen and oxygen atoms in total. The predicted molar refractivity (Wildman–Crippen MR) is 105 cm³/mol. The zero-order valence-electron chi connectivity index (χ0n) is 16.1. The second-order valence-electron chi connectivity index (χ2n) is 7.02. The van der Waals surface area contributed by atoms with E-state index in [-0.39, 0.29) is 17.9 Å². The highest BCUT2D eigenvalue weighted by Gasteiger charge is 2.33. The Morgan fingerprint density at radius 1 is 1.04 bits per heavy atom. The van der Waals surface area contributed by atoms with Crippen molar-refractivity contribution in [3.63, 3.8) is 0 Å². The van der Waals surface area contributed by atoms with Crippen molar-refractivity contribution >= 4 is 11.8 Å². The fraction of sp³-hybridized carbons (Fsp3) is 0.364. The molecular weight excluding hydrogens is 340 g/mol. The minimum atomic E-state index is -0.565. The van der Waals surface area contributed by atoms with Crippen molar-refractivity contribution in [3.05, 3.63) is 65.7 Å². The number of hydrogen-bond acceptors (Lipinski definition) is 3. The van der Waals surface area contributed by atoms with E-state index >= 15 is 0 Å². The summed E-state index contributed by atoms with van der Waals surface area (Å²) in [6.45, 7) is 7.28. The van der Waals surface area contributed by atoms with E-state index in [1.54, 1.807) is 6.92 Å². The lowest BCUT2D eigenvalue weighted by molar-refractivity contribution is -0.142. The van der Waals surface area contributed by atoms with Crippen LogP contribution < -0.4 is 4.74 Å². The van der Waals surface area contributed by atoms with E-state index in [1.165, 1.54) is 0 Å². The average Bonchev–Trinajstić information content (AvgIpc) is 2.69. The molecule has 0 saturated carbocycles. The van der Waals surface area contributed by atoms with Crippen LogP contribution in [0.15, 0.2) is 54.6 Å². The van der Waals surface area contributed by atoms with Crippen molar-refractivity contribution in [2.75, 3.05) is 19.6 Å². The average molecular weight is 366 g/mol. The van der Waals surface area contributed by atoms with Crippen LogP contribution in [0.1, 0.15) is 29.8 Å². The van der Waals surface area contributed by atoms with Gasteiger partial charge in [-0.2, -0.15) is 0 Å². The Morgan fingerprint density at radius 2 is 1.70 bits per heavy atom. The molecule has 5 heteroatoms. The third-order valence-electron chi connectivity index (χ3n) is 4.96. The van der Waals surface area contributed by atoms with Gasteiger partial charge in [-0.3, -0.25) is 9.59 Å². The third-order valence-corrected chi connectivity index (χ3v) is 4.96. The monoisotopic (exact) mass is 366 g/mol. The highest BCUT2D eigenvalue weighted by atomic mass is 16.5. The van der Waals surface area contributed by atoms with E-state index in [4.69, 9.17) is 4.74 Å². The molecule has 1 unspecified atom stereocenters. The molecule has 0 spiro atoms. The number of amides is 2. The molecule has 0 N–H and O–H groups in total. The van der Waals surface area contributed by atoms with Gasteiger partial charge in [-0.05, 0) is 44.5 Å². The SMILES string of the molecule is Cc1ccccc1OC(C)C(=O)N1CCN(C(=O)c2ccccc2)C[C@H]1C. The van der Waals surface area contributed by atoms with Crippen LogP contribution in [0, 0.1) is 6.92 Å². The van der Waals surface area contributed by atoms with E-state index in [1.807, 2.05) is 78.2 Å². The predicted octanol–water partition coefficient (Wildman–Crippen LogP) is 3.14. The zero-order chi connectivity index (χ0) is 19.4. The van der Waals surface area contributed by atoms with Gasteiger partial charge in [0, 0.05) is 31.2 Å². The van der Waals surface area contributed by atoms with Gasteiger partial charge < -0.3 is 14.5 Å². The van der Waals surface area contributed by atoms with Crippen LogP contribution in [-0.4, -0.2) is 53.4 Å². The second kappa shape index (κ2) is 8.25. The molecule has 1 fully saturated rings. The number of hydrogen-bond donors (Lipinski definition) is 0. The van der Waals surface area contributed by atoms with Crippen LogP contribution in [-0.2, 0) is 4.79 Å². The van der Waals surface area contributed by atoms with Gasteiger partial charge in [0.25, 0.3) is 11.8 Å². The summed E-state index contributed by atoms with van der Waals surface area (Å²) < 4.78 is 5.88. The number of carbonyl (C=O) groups excluding carboxylic acids is 2. The first-order valence-electron chi connectivity index (χ1n) is 9.34. The molecule has 1 aliphatic rings. The number of nitrogens with zero attached hydrogens (tertiary/aromatic N) is 2. The topological polar surface area (TPSA) is 49.9 Å². The summed E-state index contributed by atoms with van der Waals surface area (Å²) in [5.41, 5.74) is 1.68. The number of rotatable bonds is 4. The molecule has 0 radical (unpaired) electrons. The lowest BCUT2D eigenvalue weighted by Crippen LogP contribution is -2.57. The van der Waals surface area contributed by atoms with E-state index in [0.29, 0.717) is 25.2 Å². The van der Waals surface area contributed by atoms with Crippen LogP contribution in [0.25, 0.3) is 0 Å². The Kier molecular flexibility index (Phi) is 5.79. The van der Waals surface area contributed by atoms with Gasteiger partial charge in [-0.25, -0.2) is 0 Å². The Balaban J connectivity index is 1.61. The number of para-hydroxylation sites is 1. The summed E-state index contributed by atoms with van der Waals surface area (Å²) in [4.78, 5) is 29.1. The summed E-state index contributed by atoms with van der Waals surface area (Å²) in [5.74, 6) is 0.695. The van der Waals surface area contributed by atoms with Gasteiger partial charge in [0.2, 0.25) is 0 Å². The molecule has 27 heavy (non-hydrogen) atoms. The first kappa shape index (κ1) is 19.0.